The first-order valence-corrected chi connectivity index (χ1v) is 7.55. The van der Waals surface area contributed by atoms with Gasteiger partial charge >= 0.3 is 0 Å². The van der Waals surface area contributed by atoms with Gasteiger partial charge in [-0.15, -0.1) is 0 Å². The normalized spacial score (nSPS) is 7.19. The molecule has 3 aromatic carbocycles. The Labute approximate surface area is 180 Å². The molecule has 0 saturated carbocycles. The maximum Gasteiger partial charge on any atom is 0.0383 e. The van der Waals surface area contributed by atoms with Crippen LogP contribution in [0.15, 0.2) is 91.0 Å². The summed E-state index contributed by atoms with van der Waals surface area (Å²) in [6.07, 6.45) is 0. The van der Waals surface area contributed by atoms with Crippen LogP contribution in [0.3, 0.4) is 0 Å². The molecule has 5 heteroatoms. The van der Waals surface area contributed by atoms with Gasteiger partial charge in [-0.1, -0.05) is 0 Å². The van der Waals surface area contributed by atoms with Gasteiger partial charge < -0.3 is 19.8 Å². The third-order valence-electron chi connectivity index (χ3n) is 1.82. The molecule has 3 aromatic rings. The topological polar surface area (TPSA) is 80.3 Å². The van der Waals surface area contributed by atoms with Crippen LogP contribution in [0, 0.1) is 18.2 Å². The van der Waals surface area contributed by atoms with Gasteiger partial charge in [0.15, 0.2) is 0 Å². The summed E-state index contributed by atoms with van der Waals surface area (Å²) >= 11 is 0. The van der Waals surface area contributed by atoms with Crippen LogP contribution in [0.1, 0.15) is 13.8 Å². The van der Waals surface area contributed by atoms with Crippen molar-refractivity contribution in [1.82, 2.24) is 0 Å². The second kappa shape index (κ2) is 25.7. The molecule has 4 nitrogen and oxygen atoms in total. The minimum absolute atomic E-state index is 0. The quantitative estimate of drug-likeness (QED) is 0.310. The van der Waals surface area contributed by atoms with Crippen molar-refractivity contribution >= 4 is 38.1 Å². The van der Waals surface area contributed by atoms with E-state index in [1.807, 2.05) is 91.0 Å². The Hall–Kier alpha value is -2.52. The van der Waals surface area contributed by atoms with Crippen LogP contribution in [-0.4, -0.2) is 38.1 Å². The van der Waals surface area contributed by atoms with Gasteiger partial charge in [-0.05, 0) is 13.8 Å². The Kier molecular flexibility index (Phi) is 27.9. The third-order valence-corrected chi connectivity index (χ3v) is 1.82. The fourth-order valence-electron chi connectivity index (χ4n) is 1.03. The third kappa shape index (κ3) is 45.2. The molecule has 0 unspecified atom stereocenters. The predicted molar refractivity (Wildman–Crippen MR) is 103 cm³/mol. The molecule has 0 aliphatic carbocycles. The van der Waals surface area contributed by atoms with Crippen molar-refractivity contribution in [2.75, 3.05) is 0 Å². The molecular formula is C22H21BiO4-5. The monoisotopic (exact) mass is 558 g/mol. The summed E-state index contributed by atoms with van der Waals surface area (Å²) in [4.78, 5) is 17.8. The van der Waals surface area contributed by atoms with E-state index in [0.717, 1.165) is 13.8 Å². The van der Waals surface area contributed by atoms with Crippen LogP contribution in [0.25, 0.3) is 0 Å². The van der Waals surface area contributed by atoms with E-state index in [-0.39, 0.29) is 26.2 Å². The number of carbonyl (C=O) groups is 2. The molecule has 0 aliphatic heterocycles. The Balaban J connectivity index is -0.000000268. The summed E-state index contributed by atoms with van der Waals surface area (Å²) in [6.45, 7) is 1.94. The van der Waals surface area contributed by atoms with Gasteiger partial charge in [0.25, 0.3) is 0 Å². The van der Waals surface area contributed by atoms with E-state index in [1.54, 1.807) is 0 Å². The minimum atomic E-state index is -1.08. The average Bonchev–Trinajstić information content (AvgIpc) is 2.66. The Bertz CT molecular complexity index is 457. The Morgan fingerprint density at radius 1 is 0.519 bits per heavy atom. The zero-order valence-corrected chi connectivity index (χ0v) is 18.7. The van der Waals surface area contributed by atoms with Crippen LogP contribution in [0.5, 0.6) is 0 Å². The summed E-state index contributed by atoms with van der Waals surface area (Å²) in [5.41, 5.74) is 0. The van der Waals surface area contributed by atoms with E-state index in [9.17, 15) is 0 Å². The van der Waals surface area contributed by atoms with Crippen LogP contribution in [-0.2, 0) is 9.59 Å². The molecule has 0 amide bonds. The van der Waals surface area contributed by atoms with Crippen LogP contribution in [0.2, 0.25) is 0 Å². The van der Waals surface area contributed by atoms with E-state index >= 15 is 0 Å². The van der Waals surface area contributed by atoms with E-state index in [4.69, 9.17) is 19.8 Å². The summed E-state index contributed by atoms with van der Waals surface area (Å²) in [6, 6.07) is 37.5. The zero-order valence-electron chi connectivity index (χ0n) is 15.2. The standard InChI is InChI=1S/3C6H5.2C2H4O2.Bi/c3*1-2-4-6-5-3-1;2*1-2(3)4;/h3*1-5H;2*1H3,(H,3,4);/q3*-1;;;/p-2. The number of carboxylic acid groups (broad SMARTS) is 2. The molecule has 143 valence electrons. The fraction of sp³-hybridized carbons (Fsp3) is 0.0909. The number of rotatable bonds is 0. The number of carboxylic acids is 2. The van der Waals surface area contributed by atoms with Crippen molar-refractivity contribution in [3.63, 3.8) is 0 Å². The minimum Gasteiger partial charge on any atom is -0.550 e. The molecule has 3 radical (unpaired) electrons. The van der Waals surface area contributed by atoms with E-state index in [2.05, 4.69) is 18.2 Å². The van der Waals surface area contributed by atoms with Crippen molar-refractivity contribution in [1.29, 1.82) is 0 Å². The molecule has 0 fully saturated rings. The zero-order chi connectivity index (χ0) is 19.9. The second-order valence-electron chi connectivity index (χ2n) is 4.22. The maximum absolute atomic E-state index is 8.89. The summed E-state index contributed by atoms with van der Waals surface area (Å²) in [5, 5.41) is 17.8. The van der Waals surface area contributed by atoms with Crippen molar-refractivity contribution in [2.24, 2.45) is 0 Å². The average molecular weight is 558 g/mol. The predicted octanol–water partition coefficient (Wildman–Crippen LogP) is 1.59. The summed E-state index contributed by atoms with van der Waals surface area (Å²) < 4.78 is 0. The summed E-state index contributed by atoms with van der Waals surface area (Å²) in [7, 11) is 0. The Morgan fingerprint density at radius 2 is 0.667 bits per heavy atom. The molecule has 3 rings (SSSR count). The van der Waals surface area contributed by atoms with E-state index in [0.29, 0.717) is 0 Å². The number of aliphatic carboxylic acids is 2. The van der Waals surface area contributed by atoms with Crippen molar-refractivity contribution in [3.05, 3.63) is 109 Å². The SMILES string of the molecule is CC(=O)[O-].CC(=O)[O-].[Bi].[c-]1ccccc1.[c-]1ccccc1.[c-]1ccccc1. The van der Waals surface area contributed by atoms with Crippen molar-refractivity contribution in [2.45, 2.75) is 13.8 Å². The molecular weight excluding hydrogens is 537 g/mol. The molecule has 27 heavy (non-hydrogen) atoms. The first-order chi connectivity index (χ1) is 12.5. The van der Waals surface area contributed by atoms with Crippen LogP contribution >= 0.6 is 0 Å². The molecule has 0 aliphatic rings. The van der Waals surface area contributed by atoms with Gasteiger partial charge in [0.1, 0.15) is 0 Å². The molecule has 0 N–H and O–H groups in total. The second-order valence-corrected chi connectivity index (χ2v) is 4.22. The van der Waals surface area contributed by atoms with Gasteiger partial charge in [0.05, 0.1) is 0 Å². The van der Waals surface area contributed by atoms with Crippen LogP contribution < -0.4 is 10.2 Å². The van der Waals surface area contributed by atoms with Gasteiger partial charge in [0, 0.05) is 38.1 Å². The van der Waals surface area contributed by atoms with Crippen molar-refractivity contribution in [3.8, 4) is 0 Å². The van der Waals surface area contributed by atoms with Crippen LogP contribution in [0.4, 0.5) is 0 Å². The number of carbonyl (C=O) groups excluding carboxylic acids is 2. The first kappa shape index (κ1) is 29.3. The molecule has 0 spiro atoms. The number of hydrogen-bond acceptors (Lipinski definition) is 4. The largest absolute Gasteiger partial charge is 0.550 e. The molecule has 0 saturated heterocycles. The molecule has 0 atom stereocenters. The van der Waals surface area contributed by atoms with Crippen molar-refractivity contribution < 1.29 is 19.8 Å². The van der Waals surface area contributed by atoms with Gasteiger partial charge in [0.2, 0.25) is 0 Å². The maximum atomic E-state index is 8.89. The Morgan fingerprint density at radius 3 is 0.704 bits per heavy atom. The molecule has 0 aromatic heterocycles. The van der Waals surface area contributed by atoms with Gasteiger partial charge in [-0.2, -0.15) is 109 Å². The molecule has 0 heterocycles. The summed E-state index contributed by atoms with van der Waals surface area (Å²) in [5.74, 6) is -2.17. The van der Waals surface area contributed by atoms with Gasteiger partial charge in [-0.25, -0.2) is 0 Å². The number of hydrogen-bond donors (Lipinski definition) is 0. The fourth-order valence-corrected chi connectivity index (χ4v) is 1.03. The van der Waals surface area contributed by atoms with E-state index in [1.165, 1.54) is 0 Å². The first-order valence-electron chi connectivity index (χ1n) is 7.55. The smallest absolute Gasteiger partial charge is 0.0383 e. The molecule has 0 bridgehead atoms. The van der Waals surface area contributed by atoms with Gasteiger partial charge in [-0.3, -0.25) is 0 Å². The van der Waals surface area contributed by atoms with E-state index < -0.39 is 11.9 Å². The number of benzene rings is 3.